The van der Waals surface area contributed by atoms with E-state index >= 15 is 0 Å². The third-order valence-electron chi connectivity index (χ3n) is 3.31. The zero-order valence-electron chi connectivity index (χ0n) is 11.3. The highest BCUT2D eigenvalue weighted by Crippen LogP contribution is 2.36. The Morgan fingerprint density at radius 1 is 1.56 bits per heavy atom. The van der Waals surface area contributed by atoms with Gasteiger partial charge in [0, 0.05) is 24.3 Å². The summed E-state index contributed by atoms with van der Waals surface area (Å²) < 4.78 is 2.18. The molecule has 18 heavy (non-hydrogen) atoms. The van der Waals surface area contributed by atoms with Crippen LogP contribution in [0, 0.1) is 0 Å². The predicted molar refractivity (Wildman–Crippen MR) is 68.3 cm³/mol. The molecule has 0 atom stereocenters. The van der Waals surface area contributed by atoms with E-state index < -0.39 is 5.97 Å². The summed E-state index contributed by atoms with van der Waals surface area (Å²) >= 11 is 0. The number of hydrogen-bond donors (Lipinski definition) is 1. The van der Waals surface area contributed by atoms with Crippen molar-refractivity contribution in [1.29, 1.82) is 0 Å². The smallest absolute Gasteiger partial charge is 0.317 e. The summed E-state index contributed by atoms with van der Waals surface area (Å²) in [4.78, 5) is 17.1. The number of carbonyl (C=O) groups is 1. The fourth-order valence-electron chi connectivity index (χ4n) is 2.03. The molecule has 0 aliphatic heterocycles. The maximum absolute atomic E-state index is 11.0. The molecule has 1 aliphatic rings. The summed E-state index contributed by atoms with van der Waals surface area (Å²) in [5.41, 5.74) is 0.936. The van der Waals surface area contributed by atoms with E-state index in [1.807, 2.05) is 38.2 Å². The molecular weight excluding hydrogens is 230 g/mol. The van der Waals surface area contributed by atoms with Gasteiger partial charge in [-0.25, -0.2) is 4.98 Å². The maximum atomic E-state index is 11.0. The monoisotopic (exact) mass is 251 g/mol. The SMILES string of the molecule is CC(C)(C)N(CC(=O)O)Cc1cncn1C1CC1. The predicted octanol–water partition coefficient (Wildman–Crippen LogP) is 1.90. The van der Waals surface area contributed by atoms with Crippen molar-refractivity contribution in [1.82, 2.24) is 14.5 Å². The van der Waals surface area contributed by atoms with Crippen LogP contribution in [0.3, 0.4) is 0 Å². The number of carboxylic acids is 1. The molecule has 1 heterocycles. The number of hydrogen-bond acceptors (Lipinski definition) is 3. The van der Waals surface area contributed by atoms with E-state index in [1.165, 1.54) is 12.8 Å². The summed E-state index contributed by atoms with van der Waals surface area (Å²) in [5.74, 6) is -0.789. The first kappa shape index (κ1) is 13.1. The normalized spacial score (nSPS) is 16.2. The first-order valence-electron chi connectivity index (χ1n) is 6.35. The molecule has 0 unspecified atom stereocenters. The molecule has 0 amide bonds. The molecular formula is C13H21N3O2. The van der Waals surface area contributed by atoms with Crippen molar-refractivity contribution >= 4 is 5.97 Å². The van der Waals surface area contributed by atoms with E-state index in [0.29, 0.717) is 12.6 Å². The molecule has 5 heteroatoms. The van der Waals surface area contributed by atoms with Gasteiger partial charge in [-0.15, -0.1) is 0 Å². The molecule has 2 rings (SSSR count). The van der Waals surface area contributed by atoms with Gasteiger partial charge in [-0.3, -0.25) is 9.69 Å². The van der Waals surface area contributed by atoms with Crippen molar-refractivity contribution in [2.75, 3.05) is 6.54 Å². The van der Waals surface area contributed by atoms with E-state index in [2.05, 4.69) is 9.55 Å². The molecule has 1 aliphatic carbocycles. The van der Waals surface area contributed by atoms with Gasteiger partial charge in [0.2, 0.25) is 0 Å². The van der Waals surface area contributed by atoms with E-state index in [-0.39, 0.29) is 12.1 Å². The first-order valence-corrected chi connectivity index (χ1v) is 6.35. The Kier molecular flexibility index (Phi) is 3.43. The van der Waals surface area contributed by atoms with Gasteiger partial charge in [-0.1, -0.05) is 0 Å². The van der Waals surface area contributed by atoms with Crippen molar-refractivity contribution in [2.24, 2.45) is 0 Å². The molecule has 0 bridgehead atoms. The van der Waals surface area contributed by atoms with Crippen molar-refractivity contribution in [2.45, 2.75) is 51.7 Å². The molecule has 1 N–H and O–H groups in total. The summed E-state index contributed by atoms with van der Waals surface area (Å²) in [5, 5.41) is 9.00. The molecule has 1 aromatic heterocycles. The summed E-state index contributed by atoms with van der Waals surface area (Å²) in [7, 11) is 0. The molecule has 0 saturated heterocycles. The number of carboxylic acid groups (broad SMARTS) is 1. The molecule has 0 spiro atoms. The van der Waals surface area contributed by atoms with E-state index in [4.69, 9.17) is 5.11 Å². The van der Waals surface area contributed by atoms with Crippen LogP contribution in [0.2, 0.25) is 0 Å². The Morgan fingerprint density at radius 3 is 2.72 bits per heavy atom. The highest BCUT2D eigenvalue weighted by molar-refractivity contribution is 5.69. The summed E-state index contributed by atoms with van der Waals surface area (Å²) in [6.07, 6.45) is 6.11. The number of nitrogens with zero attached hydrogens (tertiary/aromatic N) is 3. The second kappa shape index (κ2) is 4.72. The van der Waals surface area contributed by atoms with Crippen LogP contribution in [-0.4, -0.2) is 37.6 Å². The van der Waals surface area contributed by atoms with Crippen molar-refractivity contribution < 1.29 is 9.90 Å². The Bertz CT molecular complexity index is 430. The number of rotatable bonds is 5. The average molecular weight is 251 g/mol. The highest BCUT2D eigenvalue weighted by Gasteiger charge is 2.28. The standard InChI is InChI=1S/C13H21N3O2/c1-13(2,3)15(8-12(17)18)7-11-6-14-9-16(11)10-4-5-10/h6,9-10H,4-5,7-8H2,1-3H3,(H,17,18). The molecule has 1 saturated carbocycles. The van der Waals surface area contributed by atoms with Gasteiger partial charge in [-0.05, 0) is 33.6 Å². The minimum Gasteiger partial charge on any atom is -0.480 e. The Labute approximate surface area is 107 Å². The minimum absolute atomic E-state index is 0.0549. The van der Waals surface area contributed by atoms with E-state index in [9.17, 15) is 4.79 Å². The van der Waals surface area contributed by atoms with Crippen molar-refractivity contribution in [3.63, 3.8) is 0 Å². The van der Waals surface area contributed by atoms with Gasteiger partial charge in [0.15, 0.2) is 0 Å². The van der Waals surface area contributed by atoms with Crippen LogP contribution in [0.4, 0.5) is 0 Å². The highest BCUT2D eigenvalue weighted by atomic mass is 16.4. The van der Waals surface area contributed by atoms with Crippen LogP contribution in [-0.2, 0) is 11.3 Å². The van der Waals surface area contributed by atoms with Gasteiger partial charge >= 0.3 is 5.97 Å². The molecule has 100 valence electrons. The lowest BCUT2D eigenvalue weighted by Gasteiger charge is -2.34. The third-order valence-corrected chi connectivity index (χ3v) is 3.31. The number of aromatic nitrogens is 2. The largest absolute Gasteiger partial charge is 0.480 e. The summed E-state index contributed by atoms with van der Waals surface area (Å²) in [6, 6.07) is 0.578. The molecule has 0 radical (unpaired) electrons. The zero-order valence-corrected chi connectivity index (χ0v) is 11.3. The Balaban J connectivity index is 2.12. The van der Waals surface area contributed by atoms with Crippen molar-refractivity contribution in [3.05, 3.63) is 18.2 Å². The number of imidazole rings is 1. The van der Waals surface area contributed by atoms with Gasteiger partial charge in [0.1, 0.15) is 0 Å². The Morgan fingerprint density at radius 2 is 2.22 bits per heavy atom. The Hall–Kier alpha value is -1.36. The topological polar surface area (TPSA) is 58.4 Å². The van der Waals surface area contributed by atoms with Crippen LogP contribution >= 0.6 is 0 Å². The lowest BCUT2D eigenvalue weighted by Crippen LogP contribution is -2.44. The third kappa shape index (κ3) is 3.10. The van der Waals surface area contributed by atoms with Crippen molar-refractivity contribution in [3.8, 4) is 0 Å². The van der Waals surface area contributed by atoms with Gasteiger partial charge in [-0.2, -0.15) is 0 Å². The van der Waals surface area contributed by atoms with Gasteiger partial charge in [0.05, 0.1) is 18.6 Å². The van der Waals surface area contributed by atoms with Crippen LogP contribution < -0.4 is 0 Å². The van der Waals surface area contributed by atoms with E-state index in [0.717, 1.165) is 5.69 Å². The van der Waals surface area contributed by atoms with Gasteiger partial charge < -0.3 is 9.67 Å². The fourth-order valence-corrected chi connectivity index (χ4v) is 2.03. The average Bonchev–Trinajstić information content (AvgIpc) is 2.97. The molecule has 0 aromatic carbocycles. The van der Waals surface area contributed by atoms with Crippen LogP contribution in [0.25, 0.3) is 0 Å². The second-order valence-electron chi connectivity index (χ2n) is 5.94. The van der Waals surface area contributed by atoms with E-state index in [1.54, 1.807) is 0 Å². The van der Waals surface area contributed by atoms with Crippen LogP contribution in [0.1, 0.15) is 45.3 Å². The fraction of sp³-hybridized carbons (Fsp3) is 0.692. The number of aliphatic carboxylic acids is 1. The van der Waals surface area contributed by atoms with Gasteiger partial charge in [0.25, 0.3) is 0 Å². The lowest BCUT2D eigenvalue weighted by molar-refractivity contribution is -0.140. The quantitative estimate of drug-likeness (QED) is 0.868. The summed E-state index contributed by atoms with van der Waals surface area (Å²) in [6.45, 7) is 6.79. The zero-order chi connectivity index (χ0) is 13.3. The first-order chi connectivity index (χ1) is 8.38. The second-order valence-corrected chi connectivity index (χ2v) is 5.94. The molecule has 1 fully saturated rings. The lowest BCUT2D eigenvalue weighted by atomic mass is 10.1. The minimum atomic E-state index is -0.789. The van der Waals surface area contributed by atoms with Crippen LogP contribution in [0.15, 0.2) is 12.5 Å². The van der Waals surface area contributed by atoms with Crippen LogP contribution in [0.5, 0.6) is 0 Å². The molecule has 1 aromatic rings. The molecule has 5 nitrogen and oxygen atoms in total. The maximum Gasteiger partial charge on any atom is 0.317 e.